The van der Waals surface area contributed by atoms with Crippen LogP contribution in [-0.4, -0.2) is 25.8 Å². The van der Waals surface area contributed by atoms with Crippen molar-refractivity contribution in [1.82, 2.24) is 4.31 Å². The zero-order valence-electron chi connectivity index (χ0n) is 12.5. The second-order valence-corrected chi connectivity index (χ2v) is 8.72. The first-order chi connectivity index (χ1) is 9.86. The highest BCUT2D eigenvalue weighted by Crippen LogP contribution is 2.32. The molecule has 0 saturated heterocycles. The van der Waals surface area contributed by atoms with Crippen molar-refractivity contribution in [1.29, 1.82) is 0 Å². The fourth-order valence-corrected chi connectivity index (χ4v) is 5.22. The molecule has 4 nitrogen and oxygen atoms in total. The summed E-state index contributed by atoms with van der Waals surface area (Å²) in [5.74, 6) is 0.699. The molecule has 0 aliphatic heterocycles. The summed E-state index contributed by atoms with van der Waals surface area (Å²) >= 11 is 3.35. The van der Waals surface area contributed by atoms with Gasteiger partial charge in [0.1, 0.15) is 0 Å². The van der Waals surface area contributed by atoms with Gasteiger partial charge in [-0.25, -0.2) is 8.42 Å². The Morgan fingerprint density at radius 2 is 1.90 bits per heavy atom. The molecule has 2 rings (SSSR count). The van der Waals surface area contributed by atoms with E-state index in [1.54, 1.807) is 23.5 Å². The van der Waals surface area contributed by atoms with Gasteiger partial charge in [-0.15, -0.1) is 0 Å². The van der Waals surface area contributed by atoms with Gasteiger partial charge >= 0.3 is 0 Å². The number of sulfonamides is 1. The fraction of sp³-hybridized carbons (Fsp3) is 0.600. The Morgan fingerprint density at radius 1 is 1.29 bits per heavy atom. The molecule has 1 aromatic rings. The topological polar surface area (TPSA) is 63.4 Å². The first-order valence-electron chi connectivity index (χ1n) is 7.32. The Labute approximate surface area is 135 Å². The molecule has 0 aromatic heterocycles. The third-order valence-corrected chi connectivity index (χ3v) is 7.29. The lowest BCUT2D eigenvalue weighted by atomic mass is 9.87. The first kappa shape index (κ1) is 16.9. The average Bonchev–Trinajstić information content (AvgIpc) is 2.47. The largest absolute Gasteiger partial charge is 0.326 e. The second-order valence-electron chi connectivity index (χ2n) is 5.90. The summed E-state index contributed by atoms with van der Waals surface area (Å²) in [6, 6.07) is 5.36. The van der Waals surface area contributed by atoms with Crippen molar-refractivity contribution in [2.75, 3.05) is 7.05 Å². The van der Waals surface area contributed by atoms with Crippen LogP contribution >= 0.6 is 15.9 Å². The normalized spacial score (nSPS) is 23.5. The summed E-state index contributed by atoms with van der Waals surface area (Å²) in [7, 11) is -1.80. The zero-order chi connectivity index (χ0) is 15.6. The van der Waals surface area contributed by atoms with Crippen molar-refractivity contribution in [3.8, 4) is 0 Å². The van der Waals surface area contributed by atoms with Gasteiger partial charge in [0.15, 0.2) is 0 Å². The molecule has 0 spiro atoms. The molecule has 6 heteroatoms. The van der Waals surface area contributed by atoms with Gasteiger partial charge in [0.25, 0.3) is 0 Å². The van der Waals surface area contributed by atoms with Crippen LogP contribution in [0.3, 0.4) is 0 Å². The monoisotopic (exact) mass is 374 g/mol. The molecule has 118 valence electrons. The standard InChI is InChI=1S/C15H23BrN2O2S/c1-11-3-6-13(7-4-11)18(2)21(19,20)15-9-12(10-17)5-8-14(15)16/h5,8-9,11,13H,3-4,6-7,10,17H2,1-2H3. The van der Waals surface area contributed by atoms with E-state index in [0.717, 1.165) is 31.2 Å². The molecule has 0 atom stereocenters. The first-order valence-corrected chi connectivity index (χ1v) is 9.56. The van der Waals surface area contributed by atoms with Crippen LogP contribution in [0.4, 0.5) is 0 Å². The summed E-state index contributed by atoms with van der Waals surface area (Å²) in [5, 5.41) is 0. The number of nitrogens with two attached hydrogens (primary N) is 1. The number of rotatable bonds is 4. The van der Waals surface area contributed by atoms with Crippen LogP contribution in [0.25, 0.3) is 0 Å². The van der Waals surface area contributed by atoms with Gasteiger partial charge in [0.2, 0.25) is 10.0 Å². The van der Waals surface area contributed by atoms with Gasteiger partial charge in [-0.05, 0) is 65.2 Å². The third-order valence-electron chi connectivity index (χ3n) is 4.39. The molecular weight excluding hydrogens is 352 g/mol. The maximum atomic E-state index is 12.9. The van der Waals surface area contributed by atoms with Gasteiger partial charge in [-0.3, -0.25) is 0 Å². The fourth-order valence-electron chi connectivity index (χ4n) is 2.83. The van der Waals surface area contributed by atoms with E-state index in [-0.39, 0.29) is 6.04 Å². The Morgan fingerprint density at radius 3 is 2.48 bits per heavy atom. The lowest BCUT2D eigenvalue weighted by Gasteiger charge is -2.33. The lowest BCUT2D eigenvalue weighted by Crippen LogP contribution is -2.39. The van der Waals surface area contributed by atoms with Crippen molar-refractivity contribution in [2.24, 2.45) is 11.7 Å². The van der Waals surface area contributed by atoms with Crippen LogP contribution < -0.4 is 5.73 Å². The van der Waals surface area contributed by atoms with E-state index in [2.05, 4.69) is 22.9 Å². The predicted molar refractivity (Wildman–Crippen MR) is 88.4 cm³/mol. The molecule has 21 heavy (non-hydrogen) atoms. The molecule has 1 aromatic carbocycles. The molecule has 1 aliphatic carbocycles. The van der Waals surface area contributed by atoms with Crippen molar-refractivity contribution >= 4 is 26.0 Å². The Bertz CT molecular complexity index is 596. The third kappa shape index (κ3) is 3.67. The molecular formula is C15H23BrN2O2S. The predicted octanol–water partition coefficient (Wildman–Crippen LogP) is 3.11. The maximum Gasteiger partial charge on any atom is 0.244 e. The molecule has 0 radical (unpaired) electrons. The second kappa shape index (κ2) is 6.77. The van der Waals surface area contributed by atoms with Crippen LogP contribution in [0.15, 0.2) is 27.6 Å². The highest BCUT2D eigenvalue weighted by Gasteiger charge is 2.31. The smallest absolute Gasteiger partial charge is 0.244 e. The number of benzene rings is 1. The van der Waals surface area contributed by atoms with Crippen molar-refractivity contribution < 1.29 is 8.42 Å². The molecule has 1 saturated carbocycles. The van der Waals surface area contributed by atoms with E-state index >= 15 is 0 Å². The zero-order valence-corrected chi connectivity index (χ0v) is 15.0. The number of hydrogen-bond acceptors (Lipinski definition) is 3. The summed E-state index contributed by atoms with van der Waals surface area (Å²) < 4.78 is 27.8. The maximum absolute atomic E-state index is 12.9. The molecule has 0 unspecified atom stereocenters. The van der Waals surface area contributed by atoms with Gasteiger partial charge in [0, 0.05) is 24.1 Å². The van der Waals surface area contributed by atoms with Crippen molar-refractivity contribution in [3.05, 3.63) is 28.2 Å². The quantitative estimate of drug-likeness (QED) is 0.880. The van der Waals surface area contributed by atoms with E-state index in [1.807, 2.05) is 6.07 Å². The summed E-state index contributed by atoms with van der Waals surface area (Å²) in [5.41, 5.74) is 6.44. The highest BCUT2D eigenvalue weighted by atomic mass is 79.9. The van der Waals surface area contributed by atoms with Gasteiger partial charge in [-0.1, -0.05) is 13.0 Å². The van der Waals surface area contributed by atoms with E-state index < -0.39 is 10.0 Å². The SMILES string of the molecule is CC1CCC(N(C)S(=O)(=O)c2cc(CN)ccc2Br)CC1. The summed E-state index contributed by atoms with van der Waals surface area (Å²) in [6.45, 7) is 2.56. The van der Waals surface area contributed by atoms with Crippen LogP contribution in [0.2, 0.25) is 0 Å². The van der Waals surface area contributed by atoms with Crippen LogP contribution in [-0.2, 0) is 16.6 Å². The number of nitrogens with zero attached hydrogens (tertiary/aromatic N) is 1. The van der Waals surface area contributed by atoms with Crippen molar-refractivity contribution in [2.45, 2.75) is 50.1 Å². The Balaban J connectivity index is 2.29. The van der Waals surface area contributed by atoms with Gasteiger partial charge < -0.3 is 5.73 Å². The molecule has 1 fully saturated rings. The molecule has 1 aliphatic rings. The van der Waals surface area contributed by atoms with Crippen LogP contribution in [0, 0.1) is 5.92 Å². The molecule has 2 N–H and O–H groups in total. The molecule has 0 heterocycles. The lowest BCUT2D eigenvalue weighted by molar-refractivity contribution is 0.246. The van der Waals surface area contributed by atoms with Crippen LogP contribution in [0.1, 0.15) is 38.2 Å². The van der Waals surface area contributed by atoms with E-state index in [0.29, 0.717) is 21.8 Å². The Kier molecular flexibility index (Phi) is 5.46. The van der Waals surface area contributed by atoms with Crippen LogP contribution in [0.5, 0.6) is 0 Å². The molecule has 0 amide bonds. The minimum atomic E-state index is -3.49. The highest BCUT2D eigenvalue weighted by molar-refractivity contribution is 9.10. The summed E-state index contributed by atoms with van der Waals surface area (Å²) in [4.78, 5) is 0.312. The number of hydrogen-bond donors (Lipinski definition) is 1. The van der Waals surface area contributed by atoms with Gasteiger partial charge in [-0.2, -0.15) is 4.31 Å². The van der Waals surface area contributed by atoms with E-state index in [4.69, 9.17) is 5.73 Å². The number of halogens is 1. The van der Waals surface area contributed by atoms with E-state index in [1.165, 1.54) is 0 Å². The average molecular weight is 375 g/mol. The minimum absolute atomic E-state index is 0.0969. The summed E-state index contributed by atoms with van der Waals surface area (Å²) in [6.07, 6.45) is 4.05. The minimum Gasteiger partial charge on any atom is -0.326 e. The van der Waals surface area contributed by atoms with Crippen molar-refractivity contribution in [3.63, 3.8) is 0 Å². The van der Waals surface area contributed by atoms with Gasteiger partial charge in [0.05, 0.1) is 4.90 Å². The molecule has 0 bridgehead atoms. The van der Waals surface area contributed by atoms with E-state index in [9.17, 15) is 8.42 Å². The Hall–Kier alpha value is -0.430.